The zero-order valence-electron chi connectivity index (χ0n) is 15.4. The van der Waals surface area contributed by atoms with Crippen molar-refractivity contribution >= 4 is 17.6 Å². The number of carbonyl (C=O) groups is 2. The van der Waals surface area contributed by atoms with Crippen LogP contribution in [-0.4, -0.2) is 30.7 Å². The third-order valence-electron chi connectivity index (χ3n) is 4.16. The minimum atomic E-state index is -0.633. The van der Waals surface area contributed by atoms with E-state index in [1.807, 2.05) is 54.2 Å². The molecule has 0 fully saturated rings. The summed E-state index contributed by atoms with van der Waals surface area (Å²) in [6.07, 6.45) is 10.5. The van der Waals surface area contributed by atoms with Gasteiger partial charge in [-0.05, 0) is 48.9 Å². The van der Waals surface area contributed by atoms with Crippen molar-refractivity contribution in [3.63, 3.8) is 0 Å². The molecule has 2 aromatic rings. The normalized spacial score (nSPS) is 13.5. The molecular formula is C21H20N2O4. The standard InChI is InChI=1S/C21H20N2O4/c1-15-9-10-17(22-11-6-7-12-22)18(14-15)23-13-5-4-8-16(20(24)26-2)19(23)21(25)27-3/h4-14H,1-3H3. The Kier molecular flexibility index (Phi) is 5.26. The number of anilines is 1. The van der Waals surface area contributed by atoms with Gasteiger partial charge in [-0.1, -0.05) is 12.1 Å². The Morgan fingerprint density at radius 3 is 2.30 bits per heavy atom. The van der Waals surface area contributed by atoms with Crippen LogP contribution in [0.5, 0.6) is 0 Å². The molecule has 0 unspecified atom stereocenters. The Labute approximate surface area is 157 Å². The lowest BCUT2D eigenvalue weighted by atomic mass is 10.1. The largest absolute Gasteiger partial charge is 0.465 e. The number of rotatable bonds is 4. The summed E-state index contributed by atoms with van der Waals surface area (Å²) in [5.74, 6) is -1.25. The van der Waals surface area contributed by atoms with Gasteiger partial charge in [0, 0.05) is 18.6 Å². The zero-order valence-corrected chi connectivity index (χ0v) is 15.4. The molecule has 138 valence electrons. The van der Waals surface area contributed by atoms with Gasteiger partial charge >= 0.3 is 11.9 Å². The summed E-state index contributed by atoms with van der Waals surface area (Å²) in [6, 6.07) is 9.73. The first kappa shape index (κ1) is 18.3. The van der Waals surface area contributed by atoms with Crippen molar-refractivity contribution in [1.29, 1.82) is 0 Å². The van der Waals surface area contributed by atoms with E-state index in [2.05, 4.69) is 0 Å². The molecule has 0 bridgehead atoms. The SMILES string of the molecule is COC(=O)C1=C(C(=O)OC)N(c2cc(C)ccc2-n2cccc2)C=CC=C1. The molecule has 6 nitrogen and oxygen atoms in total. The lowest BCUT2D eigenvalue weighted by molar-refractivity contribution is -0.139. The molecule has 1 aliphatic heterocycles. The summed E-state index contributed by atoms with van der Waals surface area (Å²) in [7, 11) is 2.56. The Morgan fingerprint density at radius 2 is 1.63 bits per heavy atom. The van der Waals surface area contributed by atoms with Crippen LogP contribution in [0.2, 0.25) is 0 Å². The molecule has 27 heavy (non-hydrogen) atoms. The first-order valence-electron chi connectivity index (χ1n) is 8.36. The van der Waals surface area contributed by atoms with Crippen LogP contribution in [0, 0.1) is 6.92 Å². The van der Waals surface area contributed by atoms with Gasteiger partial charge in [-0.15, -0.1) is 0 Å². The van der Waals surface area contributed by atoms with Crippen molar-refractivity contribution in [3.05, 3.63) is 84.0 Å². The van der Waals surface area contributed by atoms with E-state index in [-0.39, 0.29) is 11.3 Å². The molecule has 0 N–H and O–H groups in total. The Balaban J connectivity index is 2.27. The van der Waals surface area contributed by atoms with Crippen LogP contribution < -0.4 is 4.90 Å². The van der Waals surface area contributed by atoms with Crippen LogP contribution >= 0.6 is 0 Å². The second-order valence-corrected chi connectivity index (χ2v) is 5.90. The lowest BCUT2D eigenvalue weighted by Crippen LogP contribution is -2.27. The maximum absolute atomic E-state index is 12.6. The number of nitrogens with zero attached hydrogens (tertiary/aromatic N) is 2. The number of benzene rings is 1. The second-order valence-electron chi connectivity index (χ2n) is 5.90. The summed E-state index contributed by atoms with van der Waals surface area (Å²) in [4.78, 5) is 26.6. The van der Waals surface area contributed by atoms with Gasteiger partial charge in [0.25, 0.3) is 0 Å². The van der Waals surface area contributed by atoms with Crippen molar-refractivity contribution < 1.29 is 19.1 Å². The number of methoxy groups -OCH3 is 2. The highest BCUT2D eigenvalue weighted by Crippen LogP contribution is 2.32. The minimum Gasteiger partial charge on any atom is -0.465 e. The first-order chi connectivity index (χ1) is 13.1. The first-order valence-corrected chi connectivity index (χ1v) is 8.36. The highest BCUT2D eigenvalue weighted by Gasteiger charge is 2.28. The predicted molar refractivity (Wildman–Crippen MR) is 102 cm³/mol. The molecule has 0 aliphatic carbocycles. The average Bonchev–Trinajstić information content (AvgIpc) is 3.12. The Morgan fingerprint density at radius 1 is 0.926 bits per heavy atom. The number of allylic oxidation sites excluding steroid dienone is 2. The highest BCUT2D eigenvalue weighted by atomic mass is 16.5. The van der Waals surface area contributed by atoms with Gasteiger partial charge in [-0.2, -0.15) is 0 Å². The molecule has 0 radical (unpaired) electrons. The van der Waals surface area contributed by atoms with Crippen LogP contribution in [-0.2, 0) is 19.1 Å². The minimum absolute atomic E-state index is 0.0911. The highest BCUT2D eigenvalue weighted by molar-refractivity contribution is 6.05. The molecule has 6 heteroatoms. The van der Waals surface area contributed by atoms with E-state index in [1.54, 1.807) is 29.3 Å². The molecule has 2 heterocycles. The number of hydrogen-bond donors (Lipinski definition) is 0. The number of ether oxygens (including phenoxy) is 2. The van der Waals surface area contributed by atoms with Crippen LogP contribution in [0.25, 0.3) is 5.69 Å². The monoisotopic (exact) mass is 364 g/mol. The van der Waals surface area contributed by atoms with E-state index < -0.39 is 11.9 Å². The van der Waals surface area contributed by atoms with Crippen LogP contribution in [0.15, 0.2) is 78.4 Å². The fourth-order valence-electron chi connectivity index (χ4n) is 2.89. The van der Waals surface area contributed by atoms with Crippen LogP contribution in [0.1, 0.15) is 5.56 Å². The number of hydrogen-bond acceptors (Lipinski definition) is 5. The topological polar surface area (TPSA) is 60.8 Å². The van der Waals surface area contributed by atoms with E-state index >= 15 is 0 Å². The van der Waals surface area contributed by atoms with Gasteiger partial charge in [0.05, 0.1) is 31.2 Å². The maximum atomic E-state index is 12.6. The lowest BCUT2D eigenvalue weighted by Gasteiger charge is -2.26. The van der Waals surface area contributed by atoms with Gasteiger partial charge < -0.3 is 18.9 Å². The summed E-state index contributed by atoms with van der Waals surface area (Å²) in [6.45, 7) is 1.96. The van der Waals surface area contributed by atoms with Gasteiger partial charge in [-0.25, -0.2) is 9.59 Å². The number of aryl methyl sites for hydroxylation is 1. The molecule has 0 amide bonds. The quantitative estimate of drug-likeness (QED) is 0.779. The molecule has 0 atom stereocenters. The molecule has 0 saturated heterocycles. The van der Waals surface area contributed by atoms with Gasteiger partial charge in [0.1, 0.15) is 5.70 Å². The van der Waals surface area contributed by atoms with Crippen molar-refractivity contribution in [2.75, 3.05) is 19.1 Å². The van der Waals surface area contributed by atoms with Crippen LogP contribution in [0.3, 0.4) is 0 Å². The fourth-order valence-corrected chi connectivity index (χ4v) is 2.89. The fraction of sp³-hybridized carbons (Fsp3) is 0.143. The number of aromatic nitrogens is 1. The van der Waals surface area contributed by atoms with E-state index in [1.165, 1.54) is 14.2 Å². The predicted octanol–water partition coefficient (Wildman–Crippen LogP) is 3.28. The molecule has 0 saturated carbocycles. The molecule has 3 rings (SSSR count). The van der Waals surface area contributed by atoms with E-state index in [4.69, 9.17) is 9.47 Å². The summed E-state index contributed by atoms with van der Waals surface area (Å²) >= 11 is 0. The zero-order chi connectivity index (χ0) is 19.4. The van der Waals surface area contributed by atoms with Gasteiger partial charge in [0.15, 0.2) is 0 Å². The van der Waals surface area contributed by atoms with Crippen molar-refractivity contribution in [1.82, 2.24) is 4.57 Å². The number of carbonyl (C=O) groups excluding carboxylic acids is 2. The van der Waals surface area contributed by atoms with Gasteiger partial charge in [-0.3, -0.25) is 0 Å². The van der Waals surface area contributed by atoms with E-state index in [0.29, 0.717) is 0 Å². The molecule has 0 spiro atoms. The van der Waals surface area contributed by atoms with E-state index in [9.17, 15) is 9.59 Å². The molecular weight excluding hydrogens is 344 g/mol. The van der Waals surface area contributed by atoms with E-state index in [0.717, 1.165) is 16.9 Å². The summed E-state index contributed by atoms with van der Waals surface area (Å²) in [5, 5.41) is 0. The molecule has 1 aromatic heterocycles. The number of esters is 2. The molecule has 1 aliphatic rings. The third kappa shape index (κ3) is 3.55. The van der Waals surface area contributed by atoms with Crippen molar-refractivity contribution in [2.45, 2.75) is 6.92 Å². The average molecular weight is 364 g/mol. The van der Waals surface area contributed by atoms with Gasteiger partial charge in [0.2, 0.25) is 0 Å². The van der Waals surface area contributed by atoms with Crippen LogP contribution in [0.4, 0.5) is 5.69 Å². The van der Waals surface area contributed by atoms with Crippen molar-refractivity contribution in [3.8, 4) is 5.69 Å². The van der Waals surface area contributed by atoms with Crippen molar-refractivity contribution in [2.24, 2.45) is 0 Å². The summed E-state index contributed by atoms with van der Waals surface area (Å²) < 4.78 is 11.8. The third-order valence-corrected chi connectivity index (χ3v) is 4.16. The second kappa shape index (κ2) is 7.78. The smallest absolute Gasteiger partial charge is 0.355 e. The molecule has 1 aromatic carbocycles. The Hall–Kier alpha value is -3.54. The Bertz CT molecular complexity index is 953. The maximum Gasteiger partial charge on any atom is 0.355 e. The summed E-state index contributed by atoms with van der Waals surface area (Å²) in [5.41, 5.74) is 2.80.